The third-order valence-electron chi connectivity index (χ3n) is 1.49. The van der Waals surface area contributed by atoms with Gasteiger partial charge in [0.25, 0.3) is 0 Å². The van der Waals surface area contributed by atoms with Gasteiger partial charge in [-0.3, -0.25) is 4.79 Å². The first-order valence-electron chi connectivity index (χ1n) is 4.20. The molecule has 4 nitrogen and oxygen atoms in total. The van der Waals surface area contributed by atoms with Gasteiger partial charge in [0, 0.05) is 20.2 Å². The second kappa shape index (κ2) is 7.06. The van der Waals surface area contributed by atoms with Gasteiger partial charge in [-0.1, -0.05) is 0 Å². The van der Waals surface area contributed by atoms with E-state index in [4.69, 9.17) is 4.74 Å². The summed E-state index contributed by atoms with van der Waals surface area (Å²) in [5.74, 6) is 0.0285. The van der Waals surface area contributed by atoms with Crippen LogP contribution in [-0.4, -0.2) is 38.8 Å². The van der Waals surface area contributed by atoms with E-state index in [1.807, 2.05) is 13.8 Å². The van der Waals surface area contributed by atoms with Crippen molar-refractivity contribution in [2.45, 2.75) is 20.0 Å². The first-order valence-corrected chi connectivity index (χ1v) is 4.20. The Hall–Kier alpha value is -0.610. The maximum Gasteiger partial charge on any atom is 0.233 e. The van der Waals surface area contributed by atoms with Gasteiger partial charge >= 0.3 is 0 Å². The zero-order valence-electron chi connectivity index (χ0n) is 8.02. The summed E-state index contributed by atoms with van der Waals surface area (Å²) in [6, 6.07) is 0. The quantitative estimate of drug-likeness (QED) is 0.583. The van der Waals surface area contributed by atoms with Gasteiger partial charge in [0.2, 0.25) is 5.91 Å². The van der Waals surface area contributed by atoms with Crippen molar-refractivity contribution in [2.75, 3.05) is 26.7 Å². The Bertz CT molecular complexity index is 128. The molecular formula is C8H18N2O2. The molecule has 4 heteroatoms. The van der Waals surface area contributed by atoms with E-state index in [1.54, 1.807) is 7.11 Å². The standard InChI is InChI=1S/C8H18N2O2/c1-4-10-8(11)6-9-5-7(2)12-3/h7,9H,4-6H2,1-3H3,(H,10,11). The Labute approximate surface area is 73.7 Å². The van der Waals surface area contributed by atoms with Crippen LogP contribution in [-0.2, 0) is 9.53 Å². The lowest BCUT2D eigenvalue weighted by Gasteiger charge is -2.09. The Morgan fingerprint density at radius 2 is 2.25 bits per heavy atom. The fourth-order valence-corrected chi connectivity index (χ4v) is 0.732. The number of rotatable bonds is 6. The number of methoxy groups -OCH3 is 1. The molecule has 1 atom stereocenters. The minimum atomic E-state index is 0.0285. The van der Waals surface area contributed by atoms with Crippen LogP contribution < -0.4 is 10.6 Å². The first-order chi connectivity index (χ1) is 5.70. The zero-order chi connectivity index (χ0) is 9.40. The highest BCUT2D eigenvalue weighted by Crippen LogP contribution is 1.82. The van der Waals surface area contributed by atoms with Crippen molar-refractivity contribution in [3.05, 3.63) is 0 Å². The molecule has 2 N–H and O–H groups in total. The lowest BCUT2D eigenvalue weighted by atomic mass is 10.4. The Morgan fingerprint density at radius 3 is 2.75 bits per heavy atom. The second-order valence-corrected chi connectivity index (χ2v) is 2.63. The lowest BCUT2D eigenvalue weighted by Crippen LogP contribution is -2.36. The largest absolute Gasteiger partial charge is 0.380 e. The molecule has 0 radical (unpaired) electrons. The minimum absolute atomic E-state index is 0.0285. The van der Waals surface area contributed by atoms with Crippen LogP contribution in [0.2, 0.25) is 0 Å². The van der Waals surface area contributed by atoms with E-state index in [0.717, 1.165) is 0 Å². The molecule has 0 aromatic rings. The van der Waals surface area contributed by atoms with Crippen LogP contribution in [0.15, 0.2) is 0 Å². The van der Waals surface area contributed by atoms with Crippen molar-refractivity contribution in [3.8, 4) is 0 Å². The van der Waals surface area contributed by atoms with Crippen LogP contribution in [0.4, 0.5) is 0 Å². The van der Waals surface area contributed by atoms with Gasteiger partial charge < -0.3 is 15.4 Å². The van der Waals surface area contributed by atoms with Crippen LogP contribution in [0.1, 0.15) is 13.8 Å². The van der Waals surface area contributed by atoms with Crippen molar-refractivity contribution in [3.63, 3.8) is 0 Å². The summed E-state index contributed by atoms with van der Waals surface area (Å²) < 4.78 is 5.00. The molecule has 0 rings (SSSR count). The lowest BCUT2D eigenvalue weighted by molar-refractivity contribution is -0.120. The summed E-state index contributed by atoms with van der Waals surface area (Å²) >= 11 is 0. The number of likely N-dealkylation sites (N-methyl/N-ethyl adjacent to an activating group) is 1. The van der Waals surface area contributed by atoms with E-state index in [0.29, 0.717) is 19.6 Å². The fraction of sp³-hybridized carbons (Fsp3) is 0.875. The molecule has 0 aromatic heterocycles. The Morgan fingerprint density at radius 1 is 1.58 bits per heavy atom. The van der Waals surface area contributed by atoms with Crippen LogP contribution in [0.5, 0.6) is 0 Å². The molecular weight excluding hydrogens is 156 g/mol. The molecule has 0 saturated carbocycles. The van der Waals surface area contributed by atoms with Crippen LogP contribution in [0.25, 0.3) is 0 Å². The summed E-state index contributed by atoms with van der Waals surface area (Å²) in [4.78, 5) is 10.9. The molecule has 0 aliphatic carbocycles. The third kappa shape index (κ3) is 6.12. The molecule has 0 aliphatic rings. The SMILES string of the molecule is CCNC(=O)CNCC(C)OC. The van der Waals surface area contributed by atoms with Crippen LogP contribution in [0, 0.1) is 0 Å². The van der Waals surface area contributed by atoms with E-state index in [1.165, 1.54) is 0 Å². The van der Waals surface area contributed by atoms with Crippen LogP contribution >= 0.6 is 0 Å². The average Bonchev–Trinajstić information content (AvgIpc) is 2.04. The summed E-state index contributed by atoms with van der Waals surface area (Å²) in [7, 11) is 1.65. The molecule has 0 heterocycles. The zero-order valence-corrected chi connectivity index (χ0v) is 8.02. The number of amides is 1. The number of hydrogen-bond acceptors (Lipinski definition) is 3. The van der Waals surface area contributed by atoms with E-state index >= 15 is 0 Å². The van der Waals surface area contributed by atoms with Crippen molar-refractivity contribution in [2.24, 2.45) is 0 Å². The summed E-state index contributed by atoms with van der Waals surface area (Å²) in [6.45, 7) is 5.59. The summed E-state index contributed by atoms with van der Waals surface area (Å²) in [5, 5.41) is 5.68. The van der Waals surface area contributed by atoms with Gasteiger partial charge in [0.05, 0.1) is 12.6 Å². The molecule has 0 aromatic carbocycles. The topological polar surface area (TPSA) is 50.4 Å². The van der Waals surface area contributed by atoms with E-state index in [-0.39, 0.29) is 12.0 Å². The van der Waals surface area contributed by atoms with Gasteiger partial charge in [-0.2, -0.15) is 0 Å². The highest BCUT2D eigenvalue weighted by molar-refractivity contribution is 5.77. The van der Waals surface area contributed by atoms with Gasteiger partial charge in [0.15, 0.2) is 0 Å². The average molecular weight is 174 g/mol. The molecule has 1 amide bonds. The van der Waals surface area contributed by atoms with Gasteiger partial charge in [-0.15, -0.1) is 0 Å². The second-order valence-electron chi connectivity index (χ2n) is 2.63. The summed E-state index contributed by atoms with van der Waals surface area (Å²) in [5.41, 5.74) is 0. The molecule has 0 aliphatic heterocycles. The van der Waals surface area contributed by atoms with Gasteiger partial charge in [0.1, 0.15) is 0 Å². The van der Waals surface area contributed by atoms with Gasteiger partial charge in [-0.25, -0.2) is 0 Å². The Balaban J connectivity index is 3.24. The molecule has 72 valence electrons. The minimum Gasteiger partial charge on any atom is -0.380 e. The third-order valence-corrected chi connectivity index (χ3v) is 1.49. The number of carbonyl (C=O) groups is 1. The van der Waals surface area contributed by atoms with Crippen molar-refractivity contribution in [1.82, 2.24) is 10.6 Å². The molecule has 0 saturated heterocycles. The molecule has 1 unspecified atom stereocenters. The van der Waals surface area contributed by atoms with Crippen molar-refractivity contribution >= 4 is 5.91 Å². The molecule has 12 heavy (non-hydrogen) atoms. The predicted octanol–water partition coefficient (Wildman–Crippen LogP) is -0.253. The van der Waals surface area contributed by atoms with Crippen molar-refractivity contribution < 1.29 is 9.53 Å². The highest BCUT2D eigenvalue weighted by Gasteiger charge is 2.00. The molecule has 0 spiro atoms. The summed E-state index contributed by atoms with van der Waals surface area (Å²) in [6.07, 6.45) is 0.152. The number of ether oxygens (including phenoxy) is 1. The number of hydrogen-bond donors (Lipinski definition) is 2. The van der Waals surface area contributed by atoms with E-state index in [2.05, 4.69) is 10.6 Å². The molecule has 0 bridgehead atoms. The predicted molar refractivity (Wildman–Crippen MR) is 48.0 cm³/mol. The van der Waals surface area contributed by atoms with E-state index < -0.39 is 0 Å². The maximum atomic E-state index is 10.9. The van der Waals surface area contributed by atoms with Crippen LogP contribution in [0.3, 0.4) is 0 Å². The fourth-order valence-electron chi connectivity index (χ4n) is 0.732. The van der Waals surface area contributed by atoms with E-state index in [9.17, 15) is 4.79 Å². The maximum absolute atomic E-state index is 10.9. The Kier molecular flexibility index (Phi) is 6.70. The van der Waals surface area contributed by atoms with Gasteiger partial charge in [-0.05, 0) is 13.8 Å². The normalized spacial score (nSPS) is 12.6. The first kappa shape index (κ1) is 11.4. The number of nitrogens with one attached hydrogen (secondary N) is 2. The van der Waals surface area contributed by atoms with Crippen molar-refractivity contribution in [1.29, 1.82) is 0 Å². The molecule has 0 fully saturated rings. The monoisotopic (exact) mass is 174 g/mol. The number of carbonyl (C=O) groups excluding carboxylic acids is 1. The highest BCUT2D eigenvalue weighted by atomic mass is 16.5. The smallest absolute Gasteiger partial charge is 0.233 e.